The van der Waals surface area contributed by atoms with Gasteiger partial charge in [0.2, 0.25) is 5.88 Å². The Morgan fingerprint density at radius 2 is 1.79 bits per heavy atom. The van der Waals surface area contributed by atoms with Crippen LogP contribution in [0.5, 0.6) is 0 Å². The topological polar surface area (TPSA) is 94.6 Å². The largest absolute Gasteiger partial charge is 0.465 e. The van der Waals surface area contributed by atoms with E-state index in [-0.39, 0.29) is 17.0 Å². The van der Waals surface area contributed by atoms with Crippen molar-refractivity contribution in [3.63, 3.8) is 0 Å². The zero-order chi connectivity index (χ0) is 20.8. The van der Waals surface area contributed by atoms with Gasteiger partial charge in [-0.25, -0.2) is 4.79 Å². The zero-order valence-electron chi connectivity index (χ0n) is 16.3. The molecule has 0 saturated heterocycles. The summed E-state index contributed by atoms with van der Waals surface area (Å²) in [6.07, 6.45) is -0.528. The molecule has 2 N–H and O–H groups in total. The van der Waals surface area contributed by atoms with Gasteiger partial charge in [-0.3, -0.25) is 0 Å². The molecule has 1 aliphatic rings. The fourth-order valence-corrected chi connectivity index (χ4v) is 3.29. The van der Waals surface area contributed by atoms with E-state index in [0.717, 1.165) is 5.56 Å². The number of nitriles is 1. The first-order valence-electron chi connectivity index (χ1n) is 9.17. The van der Waals surface area contributed by atoms with Gasteiger partial charge in [-0.05, 0) is 12.5 Å². The molecule has 0 radical (unpaired) electrons. The number of carbonyl (C=O) groups excluding carboxylic acids is 1. The summed E-state index contributed by atoms with van der Waals surface area (Å²) in [6, 6.07) is 21.0. The van der Waals surface area contributed by atoms with Crippen molar-refractivity contribution in [2.75, 3.05) is 7.11 Å². The van der Waals surface area contributed by atoms with Crippen molar-refractivity contribution in [3.8, 4) is 6.07 Å². The van der Waals surface area contributed by atoms with E-state index in [2.05, 4.69) is 6.07 Å². The lowest BCUT2D eigenvalue weighted by molar-refractivity contribution is -0.137. The number of nitrogens with two attached hydrogens (primary N) is 1. The van der Waals surface area contributed by atoms with Gasteiger partial charge < -0.3 is 19.9 Å². The molecule has 1 aliphatic heterocycles. The van der Waals surface area contributed by atoms with Crippen LogP contribution >= 0.6 is 0 Å². The van der Waals surface area contributed by atoms with Crippen LogP contribution in [0.1, 0.15) is 18.1 Å². The smallest absolute Gasteiger partial charge is 0.339 e. The summed E-state index contributed by atoms with van der Waals surface area (Å²) in [4.78, 5) is 12.4. The molecule has 0 bridgehead atoms. The minimum Gasteiger partial charge on any atom is -0.465 e. The fraction of sp³-hybridized carbons (Fsp3) is 0.217. The van der Waals surface area contributed by atoms with Crippen LogP contribution in [0.2, 0.25) is 0 Å². The van der Waals surface area contributed by atoms with Crippen LogP contribution in [0.15, 0.2) is 77.7 Å². The number of hydrogen-bond donors (Lipinski definition) is 1. The minimum atomic E-state index is -0.722. The third-order valence-corrected chi connectivity index (χ3v) is 4.73. The Morgan fingerprint density at radius 1 is 1.17 bits per heavy atom. The molecule has 29 heavy (non-hydrogen) atoms. The van der Waals surface area contributed by atoms with Crippen molar-refractivity contribution >= 4 is 11.7 Å². The summed E-state index contributed by atoms with van der Waals surface area (Å²) in [5, 5.41) is 9.93. The van der Waals surface area contributed by atoms with Gasteiger partial charge in [0.15, 0.2) is 5.76 Å². The first kappa shape index (κ1) is 20.2. The summed E-state index contributed by atoms with van der Waals surface area (Å²) in [5.41, 5.74) is 8.12. The Bertz CT molecular complexity index is 975. The molecule has 148 valence electrons. The van der Waals surface area contributed by atoms with Crippen LogP contribution < -0.4 is 5.73 Å². The van der Waals surface area contributed by atoms with E-state index < -0.39 is 18.0 Å². The highest BCUT2D eigenvalue weighted by Gasteiger charge is 2.40. The predicted octanol–water partition coefficient (Wildman–Crippen LogP) is 3.52. The molecule has 0 aliphatic carbocycles. The lowest BCUT2D eigenvalue weighted by atomic mass is 9.83. The van der Waals surface area contributed by atoms with Crippen LogP contribution in [-0.4, -0.2) is 19.2 Å². The van der Waals surface area contributed by atoms with E-state index in [1.165, 1.54) is 7.11 Å². The van der Waals surface area contributed by atoms with Crippen LogP contribution in [0.4, 0.5) is 0 Å². The number of benzene rings is 2. The second-order valence-corrected chi connectivity index (χ2v) is 6.57. The molecule has 2 atom stereocenters. The molecular formula is C23H22N2O4. The molecule has 3 rings (SSSR count). The molecule has 2 aromatic rings. The quantitative estimate of drug-likeness (QED) is 0.759. The lowest BCUT2D eigenvalue weighted by Gasteiger charge is -2.31. The molecule has 6 heteroatoms. The van der Waals surface area contributed by atoms with Crippen molar-refractivity contribution < 1.29 is 19.0 Å². The highest BCUT2D eigenvalue weighted by Crippen LogP contribution is 2.39. The number of hydrogen-bond acceptors (Lipinski definition) is 6. The Labute approximate surface area is 169 Å². The summed E-state index contributed by atoms with van der Waals surface area (Å²) in [7, 11) is 1.26. The molecule has 2 aromatic carbocycles. The fourth-order valence-electron chi connectivity index (χ4n) is 3.29. The van der Waals surface area contributed by atoms with Gasteiger partial charge in [0.1, 0.15) is 5.57 Å². The standard InChI is InChI=1S/C23H22N2O4/c1-15(28-14-16-9-5-3-6-10-16)19-18(13-24)21(17-11-7-4-8-12-17)29-22(25)20(19)23(26)27-2/h3-12,15,19H,14,25H2,1-2H3/t15-,19+/m0/s1. The van der Waals surface area contributed by atoms with Crippen LogP contribution in [0, 0.1) is 17.2 Å². The second-order valence-electron chi connectivity index (χ2n) is 6.57. The third kappa shape index (κ3) is 4.31. The highest BCUT2D eigenvalue weighted by atomic mass is 16.5. The number of methoxy groups -OCH3 is 1. The molecular weight excluding hydrogens is 368 g/mol. The number of carbonyl (C=O) groups is 1. The SMILES string of the molecule is COC(=O)C1=C(N)OC(c2ccccc2)=C(C#N)[C@H]1[C@H](C)OCc1ccccc1. The highest BCUT2D eigenvalue weighted by molar-refractivity contribution is 5.92. The van der Waals surface area contributed by atoms with Gasteiger partial charge >= 0.3 is 5.97 Å². The van der Waals surface area contributed by atoms with E-state index in [1.807, 2.05) is 60.7 Å². The van der Waals surface area contributed by atoms with E-state index in [0.29, 0.717) is 17.9 Å². The number of ether oxygens (including phenoxy) is 3. The van der Waals surface area contributed by atoms with Gasteiger partial charge in [0.05, 0.1) is 37.4 Å². The molecule has 0 spiro atoms. The first-order valence-corrected chi connectivity index (χ1v) is 9.17. The van der Waals surface area contributed by atoms with Crippen molar-refractivity contribution in [1.29, 1.82) is 5.26 Å². The Balaban J connectivity index is 2.00. The van der Waals surface area contributed by atoms with Gasteiger partial charge in [-0.2, -0.15) is 5.26 Å². The van der Waals surface area contributed by atoms with Crippen LogP contribution in [0.25, 0.3) is 5.76 Å². The zero-order valence-corrected chi connectivity index (χ0v) is 16.3. The summed E-state index contributed by atoms with van der Waals surface area (Å²) < 4.78 is 16.6. The average molecular weight is 390 g/mol. The Kier molecular flexibility index (Phi) is 6.32. The van der Waals surface area contributed by atoms with Crippen molar-refractivity contribution in [2.24, 2.45) is 11.7 Å². The maximum atomic E-state index is 12.4. The van der Waals surface area contributed by atoms with Gasteiger partial charge in [0, 0.05) is 5.56 Å². The van der Waals surface area contributed by atoms with Crippen LogP contribution in [0.3, 0.4) is 0 Å². The Morgan fingerprint density at radius 3 is 2.38 bits per heavy atom. The van der Waals surface area contributed by atoms with Crippen LogP contribution in [-0.2, 0) is 25.6 Å². The van der Waals surface area contributed by atoms with Crippen molar-refractivity contribution in [3.05, 3.63) is 88.8 Å². The molecule has 0 fully saturated rings. The third-order valence-electron chi connectivity index (χ3n) is 4.73. The van der Waals surface area contributed by atoms with Crippen molar-refractivity contribution in [2.45, 2.75) is 19.6 Å². The molecule has 0 aromatic heterocycles. The van der Waals surface area contributed by atoms with Gasteiger partial charge in [0.25, 0.3) is 0 Å². The second kappa shape index (κ2) is 9.09. The van der Waals surface area contributed by atoms with Crippen molar-refractivity contribution in [1.82, 2.24) is 0 Å². The monoisotopic (exact) mass is 390 g/mol. The van der Waals surface area contributed by atoms with E-state index >= 15 is 0 Å². The molecule has 6 nitrogen and oxygen atoms in total. The first-order chi connectivity index (χ1) is 14.1. The van der Waals surface area contributed by atoms with Gasteiger partial charge in [-0.15, -0.1) is 0 Å². The average Bonchev–Trinajstić information content (AvgIpc) is 2.77. The molecule has 0 unspecified atom stereocenters. The minimum absolute atomic E-state index is 0.0873. The van der Waals surface area contributed by atoms with E-state index in [1.54, 1.807) is 6.92 Å². The normalized spacial score (nSPS) is 17.3. The lowest BCUT2D eigenvalue weighted by Crippen LogP contribution is -2.34. The number of nitrogens with zero attached hydrogens (tertiary/aromatic N) is 1. The molecule has 1 heterocycles. The van der Waals surface area contributed by atoms with Gasteiger partial charge in [-0.1, -0.05) is 60.7 Å². The Hall–Kier alpha value is -3.56. The molecule has 0 saturated carbocycles. The summed E-state index contributed by atoms with van der Waals surface area (Å²) in [5.74, 6) is -1.14. The van der Waals surface area contributed by atoms with E-state index in [4.69, 9.17) is 19.9 Å². The number of esters is 1. The molecule has 0 amide bonds. The maximum Gasteiger partial charge on any atom is 0.339 e. The maximum absolute atomic E-state index is 12.4. The summed E-state index contributed by atoms with van der Waals surface area (Å²) in [6.45, 7) is 2.13. The summed E-state index contributed by atoms with van der Waals surface area (Å²) >= 11 is 0. The predicted molar refractivity (Wildman–Crippen MR) is 107 cm³/mol. The van der Waals surface area contributed by atoms with E-state index in [9.17, 15) is 10.1 Å². The number of rotatable bonds is 6.